The van der Waals surface area contributed by atoms with E-state index < -0.39 is 18.1 Å². The molecule has 0 saturated heterocycles. The lowest BCUT2D eigenvalue weighted by Crippen LogP contribution is -2.46. The molecule has 0 spiro atoms. The summed E-state index contributed by atoms with van der Waals surface area (Å²) >= 11 is 0. The first kappa shape index (κ1) is 15.3. The highest BCUT2D eigenvalue weighted by molar-refractivity contribution is 6.01. The molecular weight excluding hydrogens is 272 g/mol. The standard InChI is InChI=1S/C15H20N2O4/c1-9-5-4-7-11(13(9)14(19)20)17-15(21)16-10-6-2-3-8-12(10)18/h4-5,7,10,12,18H,2-3,6,8H2,1H3,(H,19,20)(H2,16,17,21). The molecule has 2 amide bonds. The molecule has 0 bridgehead atoms. The zero-order valence-electron chi connectivity index (χ0n) is 11.9. The van der Waals surface area contributed by atoms with Gasteiger partial charge in [0.05, 0.1) is 23.4 Å². The van der Waals surface area contributed by atoms with Gasteiger partial charge in [0.25, 0.3) is 0 Å². The van der Waals surface area contributed by atoms with Crippen LogP contribution in [0.1, 0.15) is 41.6 Å². The highest BCUT2D eigenvalue weighted by atomic mass is 16.4. The van der Waals surface area contributed by atoms with Crippen LogP contribution in [0.3, 0.4) is 0 Å². The van der Waals surface area contributed by atoms with E-state index in [9.17, 15) is 19.8 Å². The summed E-state index contributed by atoms with van der Waals surface area (Å²) in [7, 11) is 0. The van der Waals surface area contributed by atoms with Gasteiger partial charge in [0, 0.05) is 0 Å². The Bertz CT molecular complexity index is 544. The molecule has 1 aromatic carbocycles. The van der Waals surface area contributed by atoms with Crippen LogP contribution in [0, 0.1) is 6.92 Å². The van der Waals surface area contributed by atoms with Crippen LogP contribution in [0.15, 0.2) is 18.2 Å². The van der Waals surface area contributed by atoms with Crippen molar-refractivity contribution < 1.29 is 19.8 Å². The van der Waals surface area contributed by atoms with E-state index in [1.807, 2.05) is 0 Å². The lowest BCUT2D eigenvalue weighted by molar-refractivity contribution is 0.0697. The summed E-state index contributed by atoms with van der Waals surface area (Å²) in [6.45, 7) is 1.68. The predicted molar refractivity (Wildman–Crippen MR) is 78.6 cm³/mol. The molecule has 2 unspecified atom stereocenters. The maximum Gasteiger partial charge on any atom is 0.338 e. The quantitative estimate of drug-likeness (QED) is 0.685. The molecule has 2 rings (SSSR count). The fraction of sp³-hybridized carbons (Fsp3) is 0.467. The van der Waals surface area contributed by atoms with Gasteiger partial charge in [-0.25, -0.2) is 9.59 Å². The van der Waals surface area contributed by atoms with Crippen molar-refractivity contribution in [2.24, 2.45) is 0 Å². The van der Waals surface area contributed by atoms with Crippen molar-refractivity contribution in [2.45, 2.75) is 44.8 Å². The first-order valence-corrected chi connectivity index (χ1v) is 7.07. The first-order chi connectivity index (χ1) is 9.99. The van der Waals surface area contributed by atoms with Gasteiger partial charge in [-0.05, 0) is 31.4 Å². The normalized spacial score (nSPS) is 21.6. The largest absolute Gasteiger partial charge is 0.478 e. The molecule has 114 valence electrons. The number of aliphatic hydroxyl groups is 1. The fourth-order valence-corrected chi connectivity index (χ4v) is 2.66. The van der Waals surface area contributed by atoms with Crippen LogP contribution in [-0.2, 0) is 0 Å². The molecule has 1 fully saturated rings. The number of carboxylic acids is 1. The van der Waals surface area contributed by atoms with Crippen LogP contribution < -0.4 is 10.6 Å². The smallest absolute Gasteiger partial charge is 0.338 e. The number of urea groups is 1. The average molecular weight is 292 g/mol. The number of hydrogen-bond donors (Lipinski definition) is 4. The summed E-state index contributed by atoms with van der Waals surface area (Å²) < 4.78 is 0. The van der Waals surface area contributed by atoms with Crippen molar-refractivity contribution in [1.82, 2.24) is 5.32 Å². The van der Waals surface area contributed by atoms with E-state index in [1.54, 1.807) is 25.1 Å². The number of amides is 2. The number of rotatable bonds is 3. The number of nitrogens with one attached hydrogen (secondary N) is 2. The van der Waals surface area contributed by atoms with Gasteiger partial charge in [0.1, 0.15) is 0 Å². The van der Waals surface area contributed by atoms with Gasteiger partial charge in [-0.15, -0.1) is 0 Å². The van der Waals surface area contributed by atoms with Crippen molar-refractivity contribution in [3.8, 4) is 0 Å². The lowest BCUT2D eigenvalue weighted by Gasteiger charge is -2.28. The Morgan fingerprint density at radius 1 is 1.24 bits per heavy atom. The lowest BCUT2D eigenvalue weighted by atomic mass is 9.93. The topological polar surface area (TPSA) is 98.7 Å². The van der Waals surface area contributed by atoms with Crippen LogP contribution in [0.4, 0.5) is 10.5 Å². The Kier molecular flexibility index (Phi) is 4.80. The third-order valence-corrected chi connectivity index (χ3v) is 3.78. The van der Waals surface area contributed by atoms with E-state index in [2.05, 4.69) is 10.6 Å². The summed E-state index contributed by atoms with van der Waals surface area (Å²) in [6.07, 6.45) is 2.79. The number of aryl methyl sites for hydroxylation is 1. The maximum atomic E-state index is 12.0. The van der Waals surface area contributed by atoms with Gasteiger partial charge in [-0.1, -0.05) is 25.0 Å². The van der Waals surface area contributed by atoms with Crippen LogP contribution in [0.25, 0.3) is 0 Å². The van der Waals surface area contributed by atoms with Gasteiger partial charge in [-0.3, -0.25) is 0 Å². The molecule has 1 aliphatic carbocycles. The minimum atomic E-state index is -1.08. The second-order valence-corrected chi connectivity index (χ2v) is 5.36. The summed E-state index contributed by atoms with van der Waals surface area (Å²) in [5, 5.41) is 24.3. The zero-order valence-corrected chi connectivity index (χ0v) is 11.9. The van der Waals surface area contributed by atoms with Crippen molar-refractivity contribution >= 4 is 17.7 Å². The number of anilines is 1. The molecular formula is C15H20N2O4. The second-order valence-electron chi connectivity index (χ2n) is 5.36. The van der Waals surface area contributed by atoms with Gasteiger partial charge < -0.3 is 20.8 Å². The minimum Gasteiger partial charge on any atom is -0.478 e. The van der Waals surface area contributed by atoms with Crippen molar-refractivity contribution in [3.63, 3.8) is 0 Å². The van der Waals surface area contributed by atoms with Crippen LogP contribution >= 0.6 is 0 Å². The second kappa shape index (κ2) is 6.58. The fourth-order valence-electron chi connectivity index (χ4n) is 2.66. The van der Waals surface area contributed by atoms with Crippen LogP contribution in [-0.4, -0.2) is 34.4 Å². The van der Waals surface area contributed by atoms with Gasteiger partial charge in [0.2, 0.25) is 0 Å². The van der Waals surface area contributed by atoms with E-state index in [0.29, 0.717) is 12.0 Å². The van der Waals surface area contributed by atoms with Crippen LogP contribution in [0.2, 0.25) is 0 Å². The number of aromatic carboxylic acids is 1. The monoisotopic (exact) mass is 292 g/mol. The van der Waals surface area contributed by atoms with Gasteiger partial charge in [-0.2, -0.15) is 0 Å². The van der Waals surface area contributed by atoms with Crippen molar-refractivity contribution in [1.29, 1.82) is 0 Å². The molecule has 4 N–H and O–H groups in total. The number of hydrogen-bond acceptors (Lipinski definition) is 3. The van der Waals surface area contributed by atoms with E-state index in [0.717, 1.165) is 19.3 Å². The first-order valence-electron chi connectivity index (χ1n) is 7.07. The molecule has 6 heteroatoms. The Hall–Kier alpha value is -2.08. The number of benzene rings is 1. The molecule has 0 aliphatic heterocycles. The van der Waals surface area contributed by atoms with Crippen molar-refractivity contribution in [3.05, 3.63) is 29.3 Å². The molecule has 0 heterocycles. The number of carboxylic acid groups (broad SMARTS) is 1. The zero-order chi connectivity index (χ0) is 15.4. The molecule has 1 aliphatic rings. The van der Waals surface area contributed by atoms with E-state index in [-0.39, 0.29) is 17.3 Å². The molecule has 0 aromatic heterocycles. The summed E-state index contributed by atoms with van der Waals surface area (Å²) in [4.78, 5) is 23.2. The summed E-state index contributed by atoms with van der Waals surface area (Å²) in [6, 6.07) is 4.14. The molecule has 6 nitrogen and oxygen atoms in total. The minimum absolute atomic E-state index is 0.0804. The third-order valence-electron chi connectivity index (χ3n) is 3.78. The van der Waals surface area contributed by atoms with E-state index in [1.165, 1.54) is 0 Å². The van der Waals surface area contributed by atoms with Crippen molar-refractivity contribution in [2.75, 3.05) is 5.32 Å². The van der Waals surface area contributed by atoms with Gasteiger partial charge >= 0.3 is 12.0 Å². The van der Waals surface area contributed by atoms with Gasteiger partial charge in [0.15, 0.2) is 0 Å². The Balaban J connectivity index is 2.06. The summed E-state index contributed by atoms with van der Waals surface area (Å²) in [5.41, 5.74) is 0.917. The average Bonchev–Trinajstić information content (AvgIpc) is 2.41. The number of carbonyl (C=O) groups is 2. The Labute approximate surface area is 123 Å². The molecule has 2 atom stereocenters. The molecule has 21 heavy (non-hydrogen) atoms. The Morgan fingerprint density at radius 2 is 1.95 bits per heavy atom. The maximum absolute atomic E-state index is 12.0. The van der Waals surface area contributed by atoms with Crippen LogP contribution in [0.5, 0.6) is 0 Å². The van der Waals surface area contributed by atoms with E-state index >= 15 is 0 Å². The number of aliphatic hydroxyl groups excluding tert-OH is 1. The predicted octanol–water partition coefficient (Wildman–Crippen LogP) is 2.12. The highest BCUT2D eigenvalue weighted by Crippen LogP contribution is 2.21. The highest BCUT2D eigenvalue weighted by Gasteiger charge is 2.25. The third kappa shape index (κ3) is 3.72. The molecule has 0 radical (unpaired) electrons. The Morgan fingerprint density at radius 3 is 2.62 bits per heavy atom. The summed E-state index contributed by atoms with van der Waals surface area (Å²) in [5.74, 6) is -1.08. The molecule has 1 saturated carbocycles. The molecule has 1 aromatic rings. The SMILES string of the molecule is Cc1cccc(NC(=O)NC2CCCCC2O)c1C(=O)O. The van der Waals surface area contributed by atoms with E-state index in [4.69, 9.17) is 0 Å². The number of carbonyl (C=O) groups excluding carboxylic acids is 1.